The van der Waals surface area contributed by atoms with Crippen molar-refractivity contribution in [2.24, 2.45) is 5.92 Å². The van der Waals surface area contributed by atoms with Crippen LogP contribution in [0.5, 0.6) is 0 Å². The van der Waals surface area contributed by atoms with Crippen LogP contribution in [0.1, 0.15) is 59.4 Å². The van der Waals surface area contributed by atoms with Gasteiger partial charge in [-0.3, -0.25) is 9.59 Å². The average Bonchev–Trinajstić information content (AvgIpc) is 3.20. The van der Waals surface area contributed by atoms with Gasteiger partial charge in [0.25, 0.3) is 5.91 Å². The van der Waals surface area contributed by atoms with Crippen LogP contribution in [-0.4, -0.2) is 27.8 Å². The number of nitriles is 1. The number of hydrogen-bond acceptors (Lipinski definition) is 6. The molecule has 1 aliphatic rings. The van der Waals surface area contributed by atoms with Crippen LogP contribution in [0.2, 0.25) is 0 Å². The van der Waals surface area contributed by atoms with Crippen molar-refractivity contribution >= 4 is 23.2 Å². The van der Waals surface area contributed by atoms with Crippen LogP contribution in [0, 0.1) is 17.2 Å². The fourth-order valence-corrected chi connectivity index (χ4v) is 4.08. The first-order valence-electron chi connectivity index (χ1n) is 9.47. The number of nitrogens with zero attached hydrogens (tertiary/aromatic N) is 3. The molecule has 3 rings (SSSR count). The fraction of sp³-hybridized carbons (Fsp3) is 0.450. The maximum absolute atomic E-state index is 12.4. The van der Waals surface area contributed by atoms with Gasteiger partial charge in [0.2, 0.25) is 5.91 Å². The Kier molecular flexibility index (Phi) is 6.71. The first-order chi connectivity index (χ1) is 13.6. The molecule has 1 saturated carbocycles. The molecule has 8 heteroatoms. The van der Waals surface area contributed by atoms with E-state index in [1.807, 2.05) is 11.4 Å². The van der Waals surface area contributed by atoms with Crippen LogP contribution >= 0.6 is 11.3 Å². The number of carbonyl (C=O) groups excluding carboxylic acids is 2. The molecule has 0 bridgehead atoms. The van der Waals surface area contributed by atoms with Crippen LogP contribution < -0.4 is 10.6 Å². The lowest BCUT2D eigenvalue weighted by molar-refractivity contribution is -0.126. The molecule has 0 saturated heterocycles. The summed E-state index contributed by atoms with van der Waals surface area (Å²) >= 11 is 1.57. The van der Waals surface area contributed by atoms with Crippen LogP contribution in [0.4, 0.5) is 0 Å². The molecule has 28 heavy (non-hydrogen) atoms. The molecule has 7 nitrogen and oxygen atoms in total. The lowest BCUT2D eigenvalue weighted by Gasteiger charge is -2.28. The van der Waals surface area contributed by atoms with Crippen molar-refractivity contribution in [1.82, 2.24) is 20.6 Å². The highest BCUT2D eigenvalue weighted by Gasteiger charge is 2.27. The minimum atomic E-state index is -0.194. The van der Waals surface area contributed by atoms with Gasteiger partial charge >= 0.3 is 0 Å². The summed E-state index contributed by atoms with van der Waals surface area (Å²) in [5.41, 5.74) is 1.78. The molecule has 2 heterocycles. The van der Waals surface area contributed by atoms with Gasteiger partial charge in [0, 0.05) is 23.5 Å². The maximum Gasteiger partial charge on any atom is 0.253 e. The fourth-order valence-electron chi connectivity index (χ4n) is 3.26. The van der Waals surface area contributed by atoms with Gasteiger partial charge in [0.05, 0.1) is 17.8 Å². The Balaban J connectivity index is 1.42. The summed E-state index contributed by atoms with van der Waals surface area (Å²) in [7, 11) is 0. The van der Waals surface area contributed by atoms with Crippen LogP contribution in [0.25, 0.3) is 0 Å². The second kappa shape index (κ2) is 9.42. The summed E-state index contributed by atoms with van der Waals surface area (Å²) in [4.78, 5) is 33.1. The van der Waals surface area contributed by atoms with Crippen molar-refractivity contribution in [2.45, 2.75) is 51.6 Å². The van der Waals surface area contributed by atoms with E-state index in [0.717, 1.165) is 42.8 Å². The largest absolute Gasteiger partial charge is 0.349 e. The van der Waals surface area contributed by atoms with Gasteiger partial charge < -0.3 is 10.6 Å². The first kappa shape index (κ1) is 20.0. The van der Waals surface area contributed by atoms with E-state index in [2.05, 4.69) is 27.5 Å². The highest BCUT2D eigenvalue weighted by molar-refractivity contribution is 7.09. The summed E-state index contributed by atoms with van der Waals surface area (Å²) in [5, 5.41) is 17.7. The Morgan fingerprint density at radius 3 is 2.68 bits per heavy atom. The normalized spacial score (nSPS) is 18.9. The lowest BCUT2D eigenvalue weighted by Crippen LogP contribution is -2.40. The molecule has 0 radical (unpaired) electrons. The first-order valence-corrected chi connectivity index (χ1v) is 10.3. The molecule has 2 amide bonds. The van der Waals surface area contributed by atoms with Crippen molar-refractivity contribution in [1.29, 1.82) is 5.26 Å². The molecule has 146 valence electrons. The SMILES string of the molecule is CCc1csc(CNC(=O)C2CCC(NC(=O)c3ccc(C#N)nc3)CC2)n1. The standard InChI is InChI=1S/C20H23N5O2S/c1-2-15-12-28-18(24-15)11-23-19(26)13-3-6-16(7-4-13)25-20(27)14-5-8-17(9-21)22-10-14/h5,8,10,12-13,16H,2-4,6-7,11H2,1H3,(H,23,26)(H,25,27). The number of thiazole rings is 1. The van der Waals surface area contributed by atoms with E-state index in [4.69, 9.17) is 5.26 Å². The Bertz CT molecular complexity index is 863. The molecule has 1 fully saturated rings. The zero-order chi connectivity index (χ0) is 19.9. The maximum atomic E-state index is 12.4. The van der Waals surface area contributed by atoms with Gasteiger partial charge in [-0.1, -0.05) is 6.92 Å². The Morgan fingerprint density at radius 1 is 1.29 bits per heavy atom. The number of carbonyl (C=O) groups is 2. The average molecular weight is 398 g/mol. The highest BCUT2D eigenvalue weighted by atomic mass is 32.1. The number of nitrogens with one attached hydrogen (secondary N) is 2. The van der Waals surface area contributed by atoms with E-state index in [1.165, 1.54) is 12.3 Å². The lowest BCUT2D eigenvalue weighted by atomic mass is 9.85. The molecule has 0 aliphatic heterocycles. The monoisotopic (exact) mass is 397 g/mol. The second-order valence-electron chi connectivity index (χ2n) is 6.87. The zero-order valence-corrected chi connectivity index (χ0v) is 16.6. The quantitative estimate of drug-likeness (QED) is 0.779. The van der Waals surface area contributed by atoms with Crippen molar-refractivity contribution < 1.29 is 9.59 Å². The minimum Gasteiger partial charge on any atom is -0.349 e. The Morgan fingerprint density at radius 2 is 2.07 bits per heavy atom. The zero-order valence-electron chi connectivity index (χ0n) is 15.8. The minimum absolute atomic E-state index is 0.0182. The van der Waals surface area contributed by atoms with Crippen LogP contribution in [0.3, 0.4) is 0 Å². The number of aromatic nitrogens is 2. The third kappa shape index (κ3) is 5.14. The number of rotatable bonds is 6. The third-order valence-corrected chi connectivity index (χ3v) is 5.85. The molecule has 1 aliphatic carbocycles. The Hall–Kier alpha value is -2.79. The van der Waals surface area contributed by atoms with Crippen molar-refractivity contribution in [3.8, 4) is 6.07 Å². The molecule has 0 atom stereocenters. The molecular formula is C20H23N5O2S. The van der Waals surface area contributed by atoms with Gasteiger partial charge in [-0.2, -0.15) is 5.26 Å². The summed E-state index contributed by atoms with van der Waals surface area (Å²) in [6, 6.07) is 5.11. The summed E-state index contributed by atoms with van der Waals surface area (Å²) in [5.74, 6) is -0.148. The van der Waals surface area contributed by atoms with Gasteiger partial charge in [-0.25, -0.2) is 9.97 Å². The van der Waals surface area contributed by atoms with Gasteiger partial charge in [0.15, 0.2) is 0 Å². The van der Waals surface area contributed by atoms with E-state index in [9.17, 15) is 9.59 Å². The van der Waals surface area contributed by atoms with Gasteiger partial charge in [0.1, 0.15) is 16.8 Å². The predicted molar refractivity (Wildman–Crippen MR) is 106 cm³/mol. The van der Waals surface area contributed by atoms with Gasteiger partial charge in [-0.05, 0) is 44.2 Å². The highest BCUT2D eigenvalue weighted by Crippen LogP contribution is 2.25. The van der Waals surface area contributed by atoms with E-state index < -0.39 is 0 Å². The van der Waals surface area contributed by atoms with Crippen LogP contribution in [0.15, 0.2) is 23.7 Å². The summed E-state index contributed by atoms with van der Waals surface area (Å²) < 4.78 is 0. The molecule has 0 spiro atoms. The second-order valence-corrected chi connectivity index (χ2v) is 7.81. The van der Waals surface area contributed by atoms with E-state index in [1.54, 1.807) is 17.4 Å². The molecule has 0 aromatic carbocycles. The Labute approximate surface area is 168 Å². The van der Waals surface area contributed by atoms with E-state index in [0.29, 0.717) is 12.1 Å². The molecule has 2 aromatic heterocycles. The van der Waals surface area contributed by atoms with Crippen molar-refractivity contribution in [2.75, 3.05) is 0 Å². The number of amides is 2. The molecule has 2 N–H and O–H groups in total. The molecular weight excluding hydrogens is 374 g/mol. The molecule has 0 unspecified atom stereocenters. The third-order valence-electron chi connectivity index (χ3n) is 4.95. The summed E-state index contributed by atoms with van der Waals surface area (Å²) in [6.45, 7) is 2.54. The summed E-state index contributed by atoms with van der Waals surface area (Å²) in [6.07, 6.45) is 5.35. The number of aryl methyl sites for hydroxylation is 1. The predicted octanol–water partition coefficient (Wildman–Crippen LogP) is 2.58. The van der Waals surface area contributed by atoms with Crippen molar-refractivity contribution in [3.63, 3.8) is 0 Å². The van der Waals surface area contributed by atoms with Crippen molar-refractivity contribution in [3.05, 3.63) is 45.7 Å². The van der Waals surface area contributed by atoms with E-state index >= 15 is 0 Å². The number of hydrogen-bond donors (Lipinski definition) is 2. The number of pyridine rings is 1. The smallest absolute Gasteiger partial charge is 0.253 e. The van der Waals surface area contributed by atoms with Crippen LogP contribution in [-0.2, 0) is 17.8 Å². The van der Waals surface area contributed by atoms with E-state index in [-0.39, 0.29) is 29.5 Å². The van der Waals surface area contributed by atoms with Gasteiger partial charge in [-0.15, -0.1) is 11.3 Å². The molecule has 2 aromatic rings. The topological polar surface area (TPSA) is 108 Å².